The highest BCUT2D eigenvalue weighted by molar-refractivity contribution is 6.05. The zero-order chi connectivity index (χ0) is 15.3. The second-order valence-corrected chi connectivity index (χ2v) is 6.87. The Kier molecular flexibility index (Phi) is 3.26. The van der Waals surface area contributed by atoms with Crippen LogP contribution in [0.25, 0.3) is 6.08 Å². The highest BCUT2D eigenvalue weighted by Crippen LogP contribution is 2.59. The van der Waals surface area contributed by atoms with Crippen molar-refractivity contribution in [3.8, 4) is 0 Å². The monoisotopic (exact) mass is 296 g/mol. The molecule has 0 aliphatic heterocycles. The maximum Gasteiger partial charge on any atom is 0.188 e. The Morgan fingerprint density at radius 2 is 1.82 bits per heavy atom. The molecule has 114 valence electrons. The van der Waals surface area contributed by atoms with Crippen molar-refractivity contribution in [2.45, 2.75) is 25.7 Å². The molecule has 3 fully saturated rings. The maximum absolute atomic E-state index is 12.6. The van der Waals surface area contributed by atoms with E-state index < -0.39 is 6.61 Å². The molecule has 3 heteroatoms. The molecule has 1 N–H and O–H groups in total. The first-order chi connectivity index (χ1) is 10.7. The molecule has 1 aromatic rings. The fourth-order valence-electron chi connectivity index (χ4n) is 4.91. The third kappa shape index (κ3) is 1.99. The molecule has 3 aliphatic rings. The van der Waals surface area contributed by atoms with Gasteiger partial charge in [-0.1, -0.05) is 30.7 Å². The predicted molar refractivity (Wildman–Crippen MR) is 83.3 cm³/mol. The van der Waals surface area contributed by atoms with Crippen molar-refractivity contribution in [2.75, 3.05) is 6.61 Å². The minimum absolute atomic E-state index is 0.274. The lowest BCUT2D eigenvalue weighted by atomic mass is 9.78. The third-order valence-corrected chi connectivity index (χ3v) is 5.89. The summed E-state index contributed by atoms with van der Waals surface area (Å²) in [5.41, 5.74) is 2.49. The molecule has 0 saturated heterocycles. The summed E-state index contributed by atoms with van der Waals surface area (Å²) in [6, 6.07) is 7.17. The molecule has 4 rings (SSSR count). The number of hydrogen-bond donors (Lipinski definition) is 1. The van der Waals surface area contributed by atoms with Crippen molar-refractivity contribution in [3.63, 3.8) is 0 Å². The van der Waals surface area contributed by atoms with Gasteiger partial charge in [0, 0.05) is 11.5 Å². The Morgan fingerprint density at radius 3 is 2.50 bits per heavy atom. The summed E-state index contributed by atoms with van der Waals surface area (Å²) in [5.74, 6) is 2.21. The van der Waals surface area contributed by atoms with Crippen LogP contribution >= 0.6 is 0 Å². The van der Waals surface area contributed by atoms with Crippen LogP contribution in [-0.2, 0) is 4.79 Å². The predicted octanol–water partition coefficient (Wildman–Crippen LogP) is 2.88. The van der Waals surface area contributed by atoms with Gasteiger partial charge in [-0.05, 0) is 54.2 Å². The average molecular weight is 296 g/mol. The summed E-state index contributed by atoms with van der Waals surface area (Å²) in [6.45, 7) is -0.467. The van der Waals surface area contributed by atoms with E-state index in [1.54, 1.807) is 12.1 Å². The van der Waals surface area contributed by atoms with Crippen LogP contribution in [0.4, 0.5) is 0 Å². The summed E-state index contributed by atoms with van der Waals surface area (Å²) >= 11 is 0. The Morgan fingerprint density at radius 1 is 1.14 bits per heavy atom. The molecule has 0 amide bonds. The van der Waals surface area contributed by atoms with Gasteiger partial charge in [-0.15, -0.1) is 0 Å². The van der Waals surface area contributed by atoms with E-state index in [1.807, 2.05) is 18.2 Å². The van der Waals surface area contributed by atoms with Gasteiger partial charge in [-0.25, -0.2) is 0 Å². The normalized spacial score (nSPS) is 34.4. The number of Topliss-reactive ketones (excluding diaryl/α,β-unsaturated/α-hetero) is 2. The van der Waals surface area contributed by atoms with E-state index >= 15 is 0 Å². The molecule has 0 aromatic heterocycles. The van der Waals surface area contributed by atoms with Crippen LogP contribution < -0.4 is 0 Å². The summed E-state index contributed by atoms with van der Waals surface area (Å²) in [7, 11) is 0. The molecular formula is C19H20O3. The molecule has 4 unspecified atom stereocenters. The van der Waals surface area contributed by atoms with Crippen LogP contribution in [0.2, 0.25) is 0 Å². The molecule has 3 nitrogen and oxygen atoms in total. The van der Waals surface area contributed by atoms with Crippen molar-refractivity contribution in [3.05, 3.63) is 41.0 Å². The number of fused-ring (bicyclic) bond motifs is 5. The molecule has 22 heavy (non-hydrogen) atoms. The van der Waals surface area contributed by atoms with Gasteiger partial charge in [0.2, 0.25) is 0 Å². The number of benzene rings is 1. The number of rotatable bonds is 3. The van der Waals surface area contributed by atoms with Gasteiger partial charge < -0.3 is 5.11 Å². The molecular weight excluding hydrogens is 276 g/mol. The topological polar surface area (TPSA) is 54.4 Å². The van der Waals surface area contributed by atoms with Gasteiger partial charge in [0.15, 0.2) is 11.6 Å². The van der Waals surface area contributed by atoms with E-state index in [9.17, 15) is 9.59 Å². The first-order valence-electron chi connectivity index (χ1n) is 8.19. The minimum Gasteiger partial charge on any atom is -0.388 e. The van der Waals surface area contributed by atoms with Crippen LogP contribution in [0, 0.1) is 23.7 Å². The number of aliphatic hydroxyl groups excluding tert-OH is 1. The van der Waals surface area contributed by atoms with Gasteiger partial charge >= 0.3 is 0 Å². The first kappa shape index (κ1) is 13.9. The standard InChI is InChI=1S/C19H20O3/c20-10-18(21)12-6-4-11(5-7-12)8-16-15-9-17(19(16)22)14-3-1-2-13(14)15/h4-8,13-15,17,20H,1-3,9-10H2. The van der Waals surface area contributed by atoms with Crippen molar-refractivity contribution in [2.24, 2.45) is 23.7 Å². The molecule has 0 radical (unpaired) electrons. The van der Waals surface area contributed by atoms with E-state index in [2.05, 4.69) is 0 Å². The molecule has 2 bridgehead atoms. The lowest BCUT2D eigenvalue weighted by Gasteiger charge is -2.25. The lowest BCUT2D eigenvalue weighted by molar-refractivity contribution is -0.120. The van der Waals surface area contributed by atoms with E-state index in [-0.39, 0.29) is 11.7 Å². The fourth-order valence-corrected chi connectivity index (χ4v) is 4.91. The number of ketones is 2. The minimum atomic E-state index is -0.467. The number of allylic oxidation sites excluding steroid dienone is 1. The lowest BCUT2D eigenvalue weighted by Crippen LogP contribution is -2.26. The molecule has 0 heterocycles. The summed E-state index contributed by atoms with van der Waals surface area (Å²) in [4.78, 5) is 24.0. The number of carbonyl (C=O) groups excluding carboxylic acids is 2. The molecule has 0 spiro atoms. The van der Waals surface area contributed by atoms with E-state index in [0.717, 1.165) is 23.5 Å². The zero-order valence-electron chi connectivity index (χ0n) is 12.5. The second kappa shape index (κ2) is 5.17. The van der Waals surface area contributed by atoms with Crippen LogP contribution in [0.5, 0.6) is 0 Å². The first-order valence-corrected chi connectivity index (χ1v) is 8.19. The summed E-state index contributed by atoms with van der Waals surface area (Å²) in [5, 5.41) is 8.87. The number of hydrogen-bond acceptors (Lipinski definition) is 3. The molecule has 3 saturated carbocycles. The van der Waals surface area contributed by atoms with Crippen molar-refractivity contribution < 1.29 is 14.7 Å². The quantitative estimate of drug-likeness (QED) is 0.689. The van der Waals surface area contributed by atoms with Crippen molar-refractivity contribution in [1.29, 1.82) is 0 Å². The number of aliphatic hydroxyl groups is 1. The Balaban J connectivity index is 1.61. The average Bonchev–Trinajstić information content (AvgIpc) is 3.21. The fraction of sp³-hybridized carbons (Fsp3) is 0.474. The zero-order valence-corrected chi connectivity index (χ0v) is 12.5. The summed E-state index contributed by atoms with van der Waals surface area (Å²) in [6.07, 6.45) is 6.87. The van der Waals surface area contributed by atoms with E-state index in [0.29, 0.717) is 23.2 Å². The highest BCUT2D eigenvalue weighted by Gasteiger charge is 2.56. The smallest absolute Gasteiger partial charge is 0.188 e. The SMILES string of the molecule is O=C(CO)c1ccc(C=C2C(=O)C3CC2C2CCCC32)cc1. The van der Waals surface area contributed by atoms with Gasteiger partial charge in [-0.3, -0.25) is 9.59 Å². The third-order valence-electron chi connectivity index (χ3n) is 5.89. The van der Waals surface area contributed by atoms with Gasteiger partial charge in [0.05, 0.1) is 0 Å². The Bertz CT molecular complexity index is 656. The molecule has 1 aromatic carbocycles. The highest BCUT2D eigenvalue weighted by atomic mass is 16.3. The van der Waals surface area contributed by atoms with E-state index in [1.165, 1.54) is 19.3 Å². The largest absolute Gasteiger partial charge is 0.388 e. The Labute approximate surface area is 130 Å². The van der Waals surface area contributed by atoms with Crippen molar-refractivity contribution >= 4 is 17.6 Å². The van der Waals surface area contributed by atoms with Crippen LogP contribution in [0.1, 0.15) is 41.6 Å². The van der Waals surface area contributed by atoms with Crippen molar-refractivity contribution in [1.82, 2.24) is 0 Å². The van der Waals surface area contributed by atoms with Crippen LogP contribution in [0.15, 0.2) is 29.8 Å². The second-order valence-electron chi connectivity index (χ2n) is 6.87. The summed E-state index contributed by atoms with van der Waals surface area (Å²) < 4.78 is 0. The maximum atomic E-state index is 12.6. The molecule has 3 aliphatic carbocycles. The van der Waals surface area contributed by atoms with Gasteiger partial charge in [0.25, 0.3) is 0 Å². The van der Waals surface area contributed by atoms with Gasteiger partial charge in [-0.2, -0.15) is 0 Å². The Hall–Kier alpha value is -1.74. The van der Waals surface area contributed by atoms with Crippen LogP contribution in [-0.4, -0.2) is 23.3 Å². The number of carbonyl (C=O) groups is 2. The van der Waals surface area contributed by atoms with Gasteiger partial charge in [0.1, 0.15) is 6.61 Å². The van der Waals surface area contributed by atoms with E-state index in [4.69, 9.17) is 5.11 Å². The van der Waals surface area contributed by atoms with Crippen LogP contribution in [0.3, 0.4) is 0 Å². The molecule has 4 atom stereocenters.